The Hall–Kier alpha value is -2.53. The summed E-state index contributed by atoms with van der Waals surface area (Å²) in [5.41, 5.74) is 2.00. The van der Waals surface area contributed by atoms with Crippen molar-refractivity contribution in [3.63, 3.8) is 0 Å². The second-order valence-corrected chi connectivity index (χ2v) is 6.22. The van der Waals surface area contributed by atoms with E-state index in [4.69, 9.17) is 0 Å². The summed E-state index contributed by atoms with van der Waals surface area (Å²) < 4.78 is 0. The molecule has 0 saturated heterocycles. The summed E-state index contributed by atoms with van der Waals surface area (Å²) in [6, 6.07) is 8.69. The van der Waals surface area contributed by atoms with Gasteiger partial charge in [-0.05, 0) is 13.0 Å². The molecule has 1 N–H and O–H groups in total. The van der Waals surface area contributed by atoms with Gasteiger partial charge in [-0.15, -0.1) is 11.3 Å². The number of hydrogen-bond donors (Lipinski definition) is 1. The molecule has 4 rings (SSSR count). The Morgan fingerprint density at radius 1 is 1.10 bits per heavy atom. The van der Waals surface area contributed by atoms with Crippen molar-refractivity contribution in [1.29, 1.82) is 0 Å². The first-order valence-corrected chi connectivity index (χ1v) is 7.21. The van der Waals surface area contributed by atoms with Crippen LogP contribution >= 0.6 is 11.3 Å². The van der Waals surface area contributed by atoms with Crippen LogP contribution in [0.4, 0.5) is 0 Å². The second kappa shape index (κ2) is 3.99. The molecule has 1 amide bonds. The number of fused-ring (bicyclic) bond motifs is 2. The summed E-state index contributed by atoms with van der Waals surface area (Å²) in [6.45, 7) is 1.90. The normalized spacial score (nSPS) is 16.3. The lowest BCUT2D eigenvalue weighted by molar-refractivity contribution is 0.101. The summed E-state index contributed by atoms with van der Waals surface area (Å²) in [6.07, 6.45) is 0. The van der Waals surface area contributed by atoms with E-state index in [0.717, 1.165) is 4.88 Å². The lowest BCUT2D eigenvalue weighted by atomic mass is 10.0. The zero-order valence-corrected chi connectivity index (χ0v) is 11.8. The van der Waals surface area contributed by atoms with E-state index in [-0.39, 0.29) is 28.7 Å². The van der Waals surface area contributed by atoms with Crippen LogP contribution in [0.3, 0.4) is 0 Å². The van der Waals surface area contributed by atoms with Gasteiger partial charge < -0.3 is 5.11 Å². The van der Waals surface area contributed by atoms with Gasteiger partial charge in [0.05, 0.1) is 11.3 Å². The van der Waals surface area contributed by atoms with E-state index >= 15 is 0 Å². The average molecular weight is 295 g/mol. The first kappa shape index (κ1) is 12.2. The van der Waals surface area contributed by atoms with Crippen molar-refractivity contribution in [3.8, 4) is 0 Å². The minimum absolute atomic E-state index is 0.0983. The van der Waals surface area contributed by atoms with Crippen LogP contribution in [0.2, 0.25) is 0 Å². The Balaban J connectivity index is 1.94. The zero-order valence-electron chi connectivity index (χ0n) is 11.0. The third-order valence-corrected chi connectivity index (χ3v) is 4.68. The fourth-order valence-electron chi connectivity index (χ4n) is 2.74. The van der Waals surface area contributed by atoms with Crippen molar-refractivity contribution in [3.05, 3.63) is 62.3 Å². The third kappa shape index (κ3) is 1.52. The number of nitrogens with zero attached hydrogens (tertiary/aromatic N) is 1. The zero-order chi connectivity index (χ0) is 14.7. The number of amides is 1. The monoisotopic (exact) mass is 295 g/mol. The quantitative estimate of drug-likeness (QED) is 0.878. The number of ketones is 1. The molecule has 102 valence electrons. The predicted molar refractivity (Wildman–Crippen MR) is 80.2 cm³/mol. The summed E-state index contributed by atoms with van der Waals surface area (Å²) in [7, 11) is 0. The second-order valence-electron chi connectivity index (χ2n) is 4.96. The summed E-state index contributed by atoms with van der Waals surface area (Å²) >= 11 is 1.35. The van der Waals surface area contributed by atoms with Gasteiger partial charge in [-0.3, -0.25) is 9.59 Å². The van der Waals surface area contributed by atoms with E-state index < -0.39 is 0 Å². The van der Waals surface area contributed by atoms with Crippen LogP contribution < -0.4 is 0 Å². The van der Waals surface area contributed by atoms with Gasteiger partial charge in [0.25, 0.3) is 5.91 Å². The van der Waals surface area contributed by atoms with Crippen molar-refractivity contribution in [2.75, 3.05) is 0 Å². The highest BCUT2D eigenvalue weighted by molar-refractivity contribution is 7.14. The highest BCUT2D eigenvalue weighted by atomic mass is 32.1. The lowest BCUT2D eigenvalue weighted by Crippen LogP contribution is -2.10. The maximum absolute atomic E-state index is 12.5. The van der Waals surface area contributed by atoms with Crippen LogP contribution in [0, 0.1) is 6.92 Å². The fraction of sp³-hybridized carbons (Fsp3) is 0.0625. The van der Waals surface area contributed by atoms with Crippen molar-refractivity contribution in [2.24, 2.45) is 4.99 Å². The predicted octanol–water partition coefficient (Wildman–Crippen LogP) is 3.17. The molecule has 0 saturated carbocycles. The Morgan fingerprint density at radius 3 is 2.52 bits per heavy atom. The molecule has 2 aromatic rings. The van der Waals surface area contributed by atoms with Crippen molar-refractivity contribution in [1.82, 2.24) is 0 Å². The SMILES string of the molecule is Cc1cc2c(s1)C(=O)N=C2C1=C(O)c2ccccc2C1=O. The molecule has 0 atom stereocenters. The number of carbonyl (C=O) groups is 2. The Morgan fingerprint density at radius 2 is 1.81 bits per heavy atom. The smallest absolute Gasteiger partial charge is 0.288 e. The largest absolute Gasteiger partial charge is 0.506 e. The molecule has 0 spiro atoms. The molecule has 0 radical (unpaired) electrons. The fourth-order valence-corrected chi connectivity index (χ4v) is 3.63. The van der Waals surface area contributed by atoms with Crippen LogP contribution in [0.1, 0.15) is 36.0 Å². The standard InChI is InChI=1S/C16H9NO3S/c1-7-6-10-12(17-16(20)15(10)21-7)11-13(18)8-4-2-3-5-9(8)14(11)19/h2-6,18H,1H3. The maximum atomic E-state index is 12.5. The van der Waals surface area contributed by atoms with Crippen molar-refractivity contribution >= 4 is 34.5 Å². The molecule has 1 aliphatic heterocycles. The molecule has 1 aromatic heterocycles. The minimum atomic E-state index is -0.345. The molecule has 21 heavy (non-hydrogen) atoms. The number of aryl methyl sites for hydroxylation is 1. The van der Waals surface area contributed by atoms with Gasteiger partial charge in [0, 0.05) is 21.6 Å². The number of hydrogen-bond acceptors (Lipinski definition) is 4. The molecule has 0 fully saturated rings. The van der Waals surface area contributed by atoms with E-state index in [9.17, 15) is 14.7 Å². The molecule has 1 aromatic carbocycles. The Bertz CT molecular complexity index is 902. The molecule has 2 heterocycles. The molecule has 4 nitrogen and oxygen atoms in total. The van der Waals surface area contributed by atoms with E-state index in [1.807, 2.05) is 13.0 Å². The Labute approximate surface area is 124 Å². The summed E-state index contributed by atoms with van der Waals surface area (Å²) in [5.74, 6) is -0.729. The lowest BCUT2D eigenvalue weighted by Gasteiger charge is -2.01. The minimum Gasteiger partial charge on any atom is -0.506 e. The van der Waals surface area contributed by atoms with E-state index in [1.165, 1.54) is 11.3 Å². The number of benzene rings is 1. The third-order valence-electron chi connectivity index (χ3n) is 3.65. The summed E-state index contributed by atoms with van der Waals surface area (Å²) in [5, 5.41) is 10.4. The molecule has 5 heteroatoms. The molecule has 0 bridgehead atoms. The van der Waals surface area contributed by atoms with Gasteiger partial charge in [-0.25, -0.2) is 4.99 Å². The average Bonchev–Trinajstić information content (AvgIpc) is 3.06. The van der Waals surface area contributed by atoms with Crippen LogP contribution in [-0.4, -0.2) is 22.5 Å². The molecule has 2 aliphatic rings. The molecule has 0 unspecified atom stereocenters. The number of Topliss-reactive ketones (excluding diaryl/α,β-unsaturated/α-hetero) is 1. The highest BCUT2D eigenvalue weighted by Gasteiger charge is 2.37. The van der Waals surface area contributed by atoms with Gasteiger partial charge >= 0.3 is 0 Å². The van der Waals surface area contributed by atoms with E-state index in [0.29, 0.717) is 21.6 Å². The van der Waals surface area contributed by atoms with E-state index in [1.54, 1.807) is 24.3 Å². The van der Waals surface area contributed by atoms with Crippen molar-refractivity contribution < 1.29 is 14.7 Å². The number of allylic oxidation sites excluding steroid dienone is 1. The highest BCUT2D eigenvalue weighted by Crippen LogP contribution is 2.37. The Kier molecular flexibility index (Phi) is 2.32. The molecule has 1 aliphatic carbocycles. The van der Waals surface area contributed by atoms with E-state index in [2.05, 4.69) is 4.99 Å². The van der Waals surface area contributed by atoms with Crippen molar-refractivity contribution in [2.45, 2.75) is 6.92 Å². The van der Waals surface area contributed by atoms with Gasteiger partial charge in [0.1, 0.15) is 10.6 Å². The maximum Gasteiger partial charge on any atom is 0.288 e. The summed E-state index contributed by atoms with van der Waals surface area (Å²) in [4.78, 5) is 29.9. The molecular formula is C16H9NO3S. The number of aliphatic imine (C=N–C) groups is 1. The number of aliphatic hydroxyl groups is 1. The van der Waals surface area contributed by atoms with Crippen LogP contribution in [-0.2, 0) is 0 Å². The van der Waals surface area contributed by atoms with Crippen LogP contribution in [0.25, 0.3) is 5.76 Å². The van der Waals surface area contributed by atoms with Gasteiger partial charge in [0.15, 0.2) is 5.78 Å². The number of rotatable bonds is 1. The van der Waals surface area contributed by atoms with Crippen LogP contribution in [0.15, 0.2) is 40.9 Å². The van der Waals surface area contributed by atoms with Crippen LogP contribution in [0.5, 0.6) is 0 Å². The number of aliphatic hydroxyl groups excluding tert-OH is 1. The first-order valence-electron chi connectivity index (χ1n) is 6.39. The van der Waals surface area contributed by atoms with Gasteiger partial charge in [-0.2, -0.15) is 0 Å². The number of thiophene rings is 1. The first-order chi connectivity index (χ1) is 10.1. The van der Waals surface area contributed by atoms with Gasteiger partial charge in [-0.1, -0.05) is 24.3 Å². The number of carbonyl (C=O) groups excluding carboxylic acids is 2. The van der Waals surface area contributed by atoms with Gasteiger partial charge in [0.2, 0.25) is 0 Å². The molecular weight excluding hydrogens is 286 g/mol. The topological polar surface area (TPSA) is 66.7 Å².